The molecule has 1 N–H and O–H groups in total. The smallest absolute Gasteiger partial charge is 0.339 e. The predicted octanol–water partition coefficient (Wildman–Crippen LogP) is 2.58. The second-order valence-electron chi connectivity index (χ2n) is 10.3. The first-order valence-corrected chi connectivity index (χ1v) is 14.8. The molecule has 0 fully saturated rings. The number of hydrogen-bond donors (Lipinski definition) is 1. The van der Waals surface area contributed by atoms with Gasteiger partial charge in [0.15, 0.2) is 6.29 Å². The van der Waals surface area contributed by atoms with Gasteiger partial charge in [-0.1, -0.05) is 26.3 Å². The van der Waals surface area contributed by atoms with E-state index in [1.807, 2.05) is 0 Å². The molecule has 1 aromatic carbocycles. The second-order valence-corrected chi connectivity index (χ2v) is 10.3. The lowest BCUT2D eigenvalue weighted by atomic mass is 9.98. The molecule has 0 saturated carbocycles. The number of hydrogen-bond acceptors (Lipinski definition) is 16. The van der Waals surface area contributed by atoms with Crippen LogP contribution in [-0.4, -0.2) is 106 Å². The van der Waals surface area contributed by atoms with Gasteiger partial charge in [-0.3, -0.25) is 0 Å². The summed E-state index contributed by atoms with van der Waals surface area (Å²) in [5, 5.41) is 9.73. The van der Waals surface area contributed by atoms with E-state index in [1.165, 1.54) is 27.7 Å². The zero-order chi connectivity index (χ0) is 38.0. The number of carbonyl (C=O) groups is 7. The molecule has 0 heterocycles. The van der Waals surface area contributed by atoms with Crippen LogP contribution in [0.5, 0.6) is 0 Å². The lowest BCUT2D eigenvalue weighted by Gasteiger charge is -2.16. The number of rotatable bonds is 21. The maximum Gasteiger partial charge on any atom is 0.339 e. The number of ether oxygens (including phenoxy) is 8. The molecule has 1 rings (SSSR count). The SMILES string of the molecule is C=C(C)C(=O)OCCOC(=O)c1cc(C(=O)OCCOC(=O)C(=C)C)c(C(=O)OCCOC(O)C(=C)C)cc1C(=O)OCCOC(=O)C(=C)C. The minimum atomic E-state index is -1.34. The van der Waals surface area contributed by atoms with Crippen LogP contribution in [0.3, 0.4) is 0 Å². The highest BCUT2D eigenvalue weighted by Crippen LogP contribution is 2.22. The monoisotopic (exact) mass is 704 g/mol. The Morgan fingerprint density at radius 2 is 0.720 bits per heavy atom. The molecule has 1 aromatic rings. The standard InChI is InChI=1S/C34H40O16/c1-19(2)27(35)43-9-13-47-31(39)23-17-25(33(41)49-15-11-45-29(37)21(5)6)26(34(42)50-16-12-46-30(38)22(7)8)18-24(23)32(40)48-14-10-44-28(36)20(3)4/h17-18,27,35H,1,3,5,7,9-16H2,2,4,6,8H3. The maximum atomic E-state index is 13.2. The number of carbonyl (C=O) groups excluding carboxylic acids is 7. The van der Waals surface area contributed by atoms with Gasteiger partial charge in [0.1, 0.15) is 46.2 Å². The molecule has 0 amide bonds. The van der Waals surface area contributed by atoms with Gasteiger partial charge in [0.05, 0.1) is 28.9 Å². The zero-order valence-electron chi connectivity index (χ0n) is 28.3. The summed E-state index contributed by atoms with van der Waals surface area (Å²) in [6, 6.07) is 1.64. The van der Waals surface area contributed by atoms with E-state index < -0.39 is 117 Å². The predicted molar refractivity (Wildman–Crippen MR) is 172 cm³/mol. The molecular formula is C34H40O16. The maximum absolute atomic E-state index is 13.2. The molecular weight excluding hydrogens is 664 g/mol. The summed E-state index contributed by atoms with van der Waals surface area (Å²) in [4.78, 5) is 87.7. The van der Waals surface area contributed by atoms with Crippen molar-refractivity contribution in [1.29, 1.82) is 0 Å². The molecule has 0 bridgehead atoms. The molecule has 1 unspecified atom stereocenters. The van der Waals surface area contributed by atoms with Gasteiger partial charge in [-0.15, -0.1) is 0 Å². The summed E-state index contributed by atoms with van der Waals surface area (Å²) in [5.41, 5.74) is -1.74. The van der Waals surface area contributed by atoms with Gasteiger partial charge in [0, 0.05) is 16.7 Å². The molecule has 0 aromatic heterocycles. The molecule has 0 radical (unpaired) electrons. The van der Waals surface area contributed by atoms with Gasteiger partial charge in [-0.2, -0.15) is 0 Å². The topological polar surface area (TPSA) is 214 Å². The molecule has 0 spiro atoms. The van der Waals surface area contributed by atoms with Crippen molar-refractivity contribution in [2.24, 2.45) is 0 Å². The van der Waals surface area contributed by atoms with Crippen molar-refractivity contribution in [1.82, 2.24) is 0 Å². The van der Waals surface area contributed by atoms with E-state index in [4.69, 9.17) is 37.9 Å². The highest BCUT2D eigenvalue weighted by molar-refractivity contribution is 6.10. The van der Waals surface area contributed by atoms with E-state index in [0.29, 0.717) is 0 Å². The number of aliphatic hydroxyl groups is 1. The molecule has 0 aliphatic carbocycles. The third kappa shape index (κ3) is 14.7. The highest BCUT2D eigenvalue weighted by atomic mass is 16.6. The van der Waals surface area contributed by atoms with Gasteiger partial charge < -0.3 is 43.0 Å². The van der Waals surface area contributed by atoms with Crippen LogP contribution < -0.4 is 0 Å². The molecule has 0 aliphatic heterocycles. The van der Waals surface area contributed by atoms with Gasteiger partial charge >= 0.3 is 41.8 Å². The average molecular weight is 705 g/mol. The Labute approximate surface area is 288 Å². The summed E-state index contributed by atoms with van der Waals surface area (Å²) in [6.45, 7) is 16.2. The van der Waals surface area contributed by atoms with Crippen LogP contribution >= 0.6 is 0 Å². The molecule has 50 heavy (non-hydrogen) atoms. The van der Waals surface area contributed by atoms with Crippen molar-refractivity contribution < 1.29 is 76.6 Å². The van der Waals surface area contributed by atoms with Crippen LogP contribution in [0.2, 0.25) is 0 Å². The fourth-order valence-electron chi connectivity index (χ4n) is 3.20. The number of esters is 7. The Hall–Kier alpha value is -5.61. The first-order chi connectivity index (χ1) is 23.5. The summed E-state index contributed by atoms with van der Waals surface area (Å²) in [5.74, 6) is -7.04. The van der Waals surface area contributed by atoms with Crippen molar-refractivity contribution in [2.75, 3.05) is 52.9 Å². The van der Waals surface area contributed by atoms with Crippen molar-refractivity contribution in [3.05, 3.63) is 83.0 Å². The Morgan fingerprint density at radius 3 is 0.960 bits per heavy atom. The summed E-state index contributed by atoms with van der Waals surface area (Å²) in [6.07, 6.45) is -1.34. The summed E-state index contributed by atoms with van der Waals surface area (Å²) >= 11 is 0. The Bertz CT molecular complexity index is 1520. The van der Waals surface area contributed by atoms with E-state index >= 15 is 0 Å². The second kappa shape index (κ2) is 21.4. The molecule has 0 aliphatic rings. The normalized spacial score (nSPS) is 10.8. The molecule has 16 heteroatoms. The van der Waals surface area contributed by atoms with Crippen LogP contribution in [0, 0.1) is 0 Å². The molecule has 16 nitrogen and oxygen atoms in total. The van der Waals surface area contributed by atoms with Crippen LogP contribution in [0.25, 0.3) is 0 Å². The minimum Gasteiger partial charge on any atom is -0.460 e. The fraction of sp³-hybridized carbons (Fsp3) is 0.382. The Kier molecular flexibility index (Phi) is 18.1. The summed E-state index contributed by atoms with van der Waals surface area (Å²) in [7, 11) is 0. The number of aliphatic hydroxyl groups excluding tert-OH is 1. The van der Waals surface area contributed by atoms with Crippen molar-refractivity contribution in [2.45, 2.75) is 34.0 Å². The Balaban J connectivity index is 3.46. The third-order valence-corrected chi connectivity index (χ3v) is 5.75. The van der Waals surface area contributed by atoms with Crippen molar-refractivity contribution >= 4 is 41.8 Å². The zero-order valence-corrected chi connectivity index (χ0v) is 28.3. The van der Waals surface area contributed by atoms with E-state index in [0.717, 1.165) is 12.1 Å². The van der Waals surface area contributed by atoms with Crippen molar-refractivity contribution in [3.8, 4) is 0 Å². The van der Waals surface area contributed by atoms with Gasteiger partial charge in [0.25, 0.3) is 0 Å². The molecule has 1 atom stereocenters. The first-order valence-electron chi connectivity index (χ1n) is 14.8. The van der Waals surface area contributed by atoms with Crippen LogP contribution in [0.1, 0.15) is 69.1 Å². The van der Waals surface area contributed by atoms with E-state index in [1.54, 1.807) is 0 Å². The first kappa shape index (κ1) is 42.4. The number of benzene rings is 1. The minimum absolute atomic E-state index is 0.0915. The van der Waals surface area contributed by atoms with Crippen LogP contribution in [0.4, 0.5) is 0 Å². The lowest BCUT2D eigenvalue weighted by Crippen LogP contribution is -2.23. The van der Waals surface area contributed by atoms with Crippen LogP contribution in [-0.2, 0) is 52.3 Å². The highest BCUT2D eigenvalue weighted by Gasteiger charge is 2.29. The van der Waals surface area contributed by atoms with Gasteiger partial charge in [-0.05, 0) is 45.4 Å². The van der Waals surface area contributed by atoms with E-state index in [-0.39, 0.29) is 28.9 Å². The largest absolute Gasteiger partial charge is 0.460 e. The lowest BCUT2D eigenvalue weighted by molar-refractivity contribution is -0.140. The molecule has 0 saturated heterocycles. The van der Waals surface area contributed by atoms with Crippen LogP contribution in [0.15, 0.2) is 60.7 Å². The van der Waals surface area contributed by atoms with Crippen molar-refractivity contribution in [3.63, 3.8) is 0 Å². The van der Waals surface area contributed by atoms with Gasteiger partial charge in [-0.25, -0.2) is 33.6 Å². The quantitative estimate of drug-likeness (QED) is 0.0486. The average Bonchev–Trinajstić information content (AvgIpc) is 3.06. The fourth-order valence-corrected chi connectivity index (χ4v) is 3.20. The van der Waals surface area contributed by atoms with E-state index in [2.05, 4.69) is 26.3 Å². The van der Waals surface area contributed by atoms with E-state index in [9.17, 15) is 38.7 Å². The Morgan fingerprint density at radius 1 is 0.480 bits per heavy atom. The van der Waals surface area contributed by atoms with Gasteiger partial charge in [0.2, 0.25) is 0 Å². The summed E-state index contributed by atoms with van der Waals surface area (Å²) < 4.78 is 40.2. The molecule has 272 valence electrons. The third-order valence-electron chi connectivity index (χ3n) is 5.75.